The minimum Gasteiger partial charge on any atom is -0.496 e. The van der Waals surface area contributed by atoms with E-state index in [0.717, 1.165) is 40.1 Å². The van der Waals surface area contributed by atoms with Crippen molar-refractivity contribution in [3.8, 4) is 33.4 Å². The van der Waals surface area contributed by atoms with Crippen LogP contribution in [-0.4, -0.2) is 57.2 Å². The Morgan fingerprint density at radius 3 is 2.83 bits per heavy atom. The van der Waals surface area contributed by atoms with Crippen LogP contribution in [0.3, 0.4) is 0 Å². The fourth-order valence-corrected chi connectivity index (χ4v) is 9.86. The third kappa shape index (κ3) is 5.03. The van der Waals surface area contributed by atoms with Crippen LogP contribution in [0.1, 0.15) is 75.2 Å². The number of aryl methyl sites for hydroxylation is 1. The second-order valence-electron chi connectivity index (χ2n) is 14.0. The molecule has 4 aromatic heterocycles. The number of carbonyl (C=O) groups excluding carboxylic acids is 1. The van der Waals surface area contributed by atoms with Crippen molar-refractivity contribution in [3.05, 3.63) is 99.3 Å². The van der Waals surface area contributed by atoms with Crippen molar-refractivity contribution in [1.29, 1.82) is 0 Å². The van der Waals surface area contributed by atoms with Crippen molar-refractivity contribution in [1.82, 2.24) is 25.1 Å². The molecule has 1 N–H and O–H groups in total. The quantitative estimate of drug-likeness (QED) is 0.171. The predicted octanol–water partition coefficient (Wildman–Crippen LogP) is 8.73. The molecule has 14 heteroatoms. The number of pyridine rings is 2. The third-order valence-electron chi connectivity index (χ3n) is 10.9. The summed E-state index contributed by atoms with van der Waals surface area (Å²) in [5.74, 6) is -1.10. The summed E-state index contributed by atoms with van der Waals surface area (Å²) >= 11 is 7.67. The zero-order valence-electron chi connectivity index (χ0n) is 28.6. The van der Waals surface area contributed by atoms with E-state index in [4.69, 9.17) is 30.5 Å². The van der Waals surface area contributed by atoms with E-state index in [1.54, 1.807) is 31.3 Å². The zero-order chi connectivity index (χ0) is 36.2. The van der Waals surface area contributed by atoms with Crippen molar-refractivity contribution in [2.45, 2.75) is 56.5 Å². The highest BCUT2D eigenvalue weighted by Gasteiger charge is 2.49. The van der Waals surface area contributed by atoms with E-state index in [1.807, 2.05) is 35.2 Å². The van der Waals surface area contributed by atoms with E-state index >= 15 is 8.78 Å². The molecule has 53 heavy (non-hydrogen) atoms. The smallest absolute Gasteiger partial charge is 0.276 e. The zero-order valence-corrected chi connectivity index (χ0v) is 30.2. The van der Waals surface area contributed by atoms with E-state index < -0.39 is 18.4 Å². The summed E-state index contributed by atoms with van der Waals surface area (Å²) in [4.78, 5) is 26.8. The van der Waals surface area contributed by atoms with Gasteiger partial charge in [0.15, 0.2) is 0 Å². The van der Waals surface area contributed by atoms with Gasteiger partial charge < -0.3 is 24.1 Å². The molecule has 3 aliphatic heterocycles. The van der Waals surface area contributed by atoms with Gasteiger partial charge in [-0.15, -0.1) is 21.5 Å². The molecule has 2 aromatic carbocycles. The largest absolute Gasteiger partial charge is 0.496 e. The van der Waals surface area contributed by atoms with Gasteiger partial charge in [0.05, 0.1) is 47.0 Å². The first-order chi connectivity index (χ1) is 25.7. The molecule has 1 fully saturated rings. The van der Waals surface area contributed by atoms with Crippen LogP contribution in [0.2, 0.25) is 5.02 Å². The number of ether oxygens (including phenoxy) is 2. The Bertz CT molecular complexity index is 2500. The number of alkyl halides is 2. The number of amides is 1. The Labute approximate surface area is 311 Å². The minimum absolute atomic E-state index is 0.0442. The monoisotopic (exact) mass is 752 g/mol. The number of hydrogen-bond acceptors (Lipinski definition) is 10. The molecular weight excluding hydrogens is 722 g/mol. The molecule has 0 spiro atoms. The Kier molecular flexibility index (Phi) is 7.32. The number of benzene rings is 2. The molecule has 10 nitrogen and oxygen atoms in total. The summed E-state index contributed by atoms with van der Waals surface area (Å²) < 4.78 is 49.7. The molecule has 10 rings (SSSR count). The van der Waals surface area contributed by atoms with Crippen LogP contribution in [0.5, 0.6) is 11.5 Å². The SMILES string of the molecule is COc1cccc2c1CC(F)(F)[C@H]2Nc1nccc2cc(-c3c4c(nc(C[C@H]5COc6cc(Cl)ccc65)c3-c3nnc(C)o3)C3CCCN3C4=O)sc12. The van der Waals surface area contributed by atoms with Gasteiger partial charge in [-0.05, 0) is 54.1 Å². The normalized spacial score (nSPS) is 20.7. The molecule has 7 heterocycles. The topological polar surface area (TPSA) is 116 Å². The van der Waals surface area contributed by atoms with Gasteiger partial charge >= 0.3 is 0 Å². The van der Waals surface area contributed by atoms with Gasteiger partial charge in [0.25, 0.3) is 11.8 Å². The molecule has 6 aromatic rings. The molecule has 0 bridgehead atoms. The van der Waals surface area contributed by atoms with E-state index in [-0.39, 0.29) is 23.8 Å². The second kappa shape index (κ2) is 11.9. The lowest BCUT2D eigenvalue weighted by molar-refractivity contribution is -0.00734. The Morgan fingerprint density at radius 2 is 2.00 bits per heavy atom. The van der Waals surface area contributed by atoms with Crippen LogP contribution in [0, 0.1) is 6.92 Å². The molecule has 3 atom stereocenters. The first kappa shape index (κ1) is 32.5. The van der Waals surface area contributed by atoms with E-state index in [1.165, 1.54) is 18.4 Å². The molecule has 1 amide bonds. The predicted molar refractivity (Wildman–Crippen MR) is 195 cm³/mol. The molecule has 1 saturated heterocycles. The first-order valence-corrected chi connectivity index (χ1v) is 18.7. The van der Waals surface area contributed by atoms with Crippen molar-refractivity contribution >= 4 is 44.7 Å². The maximum Gasteiger partial charge on any atom is 0.276 e. The molecule has 4 aliphatic rings. The van der Waals surface area contributed by atoms with Gasteiger partial charge in [0.2, 0.25) is 11.8 Å². The lowest BCUT2D eigenvalue weighted by Gasteiger charge is -2.22. The molecule has 1 aliphatic carbocycles. The Morgan fingerprint density at radius 1 is 1.11 bits per heavy atom. The summed E-state index contributed by atoms with van der Waals surface area (Å²) in [6, 6.07) is 13.2. The van der Waals surface area contributed by atoms with Crippen molar-refractivity contribution in [2.75, 3.05) is 25.6 Å². The minimum atomic E-state index is -3.09. The fourth-order valence-electron chi connectivity index (χ4n) is 8.53. The van der Waals surface area contributed by atoms with Crippen LogP contribution in [-0.2, 0) is 12.8 Å². The van der Waals surface area contributed by atoms with Gasteiger partial charge in [0, 0.05) is 65.0 Å². The van der Waals surface area contributed by atoms with Gasteiger partial charge in [-0.3, -0.25) is 9.78 Å². The number of fused-ring (bicyclic) bond motifs is 6. The Balaban J connectivity index is 1.15. The van der Waals surface area contributed by atoms with Crippen LogP contribution in [0.25, 0.3) is 32.0 Å². The van der Waals surface area contributed by atoms with Crippen LogP contribution in [0.4, 0.5) is 14.6 Å². The van der Waals surface area contributed by atoms with E-state index in [9.17, 15) is 4.79 Å². The van der Waals surface area contributed by atoms with Gasteiger partial charge in [0.1, 0.15) is 23.4 Å². The van der Waals surface area contributed by atoms with Crippen molar-refractivity contribution in [2.24, 2.45) is 0 Å². The number of aromatic nitrogens is 4. The number of methoxy groups -OCH3 is 1. The standard InChI is InChI=1S/C39H31ClF2N6O4S/c1-18-46-47-37(52-18)30-25(13-20-17-51-28-15-21(40)8-9-22(20)28)44-33-26-6-4-12-48(26)38(49)32(33)31(30)29-14-19-10-11-43-36(34(19)53-29)45-35-23-5-3-7-27(50-2)24(23)16-39(35,41)42/h3,5,7-11,14-15,20,26,35H,4,6,12-13,16-17H2,1-2H3,(H,43,45)/t20-,26?,35-/m0/s1. The highest BCUT2D eigenvalue weighted by Crippen LogP contribution is 2.53. The van der Waals surface area contributed by atoms with Crippen molar-refractivity contribution < 1.29 is 27.5 Å². The van der Waals surface area contributed by atoms with Gasteiger partial charge in [-0.25, -0.2) is 13.8 Å². The van der Waals surface area contributed by atoms with Gasteiger partial charge in [-0.1, -0.05) is 29.8 Å². The summed E-state index contributed by atoms with van der Waals surface area (Å²) in [5, 5.41) is 13.1. The molecule has 0 saturated carbocycles. The fraction of sp³-hybridized carbons (Fsp3) is 0.308. The lowest BCUT2D eigenvalue weighted by atomic mass is 9.89. The highest BCUT2D eigenvalue weighted by molar-refractivity contribution is 7.23. The molecule has 0 radical (unpaired) electrons. The average Bonchev–Trinajstić information content (AvgIpc) is 3.99. The number of thiophene rings is 1. The van der Waals surface area contributed by atoms with E-state index in [0.29, 0.717) is 80.3 Å². The average molecular weight is 753 g/mol. The van der Waals surface area contributed by atoms with Gasteiger partial charge in [-0.2, -0.15) is 0 Å². The first-order valence-electron chi connectivity index (χ1n) is 17.5. The summed E-state index contributed by atoms with van der Waals surface area (Å²) in [5.41, 5.74) is 5.17. The number of nitrogens with zero attached hydrogens (tertiary/aromatic N) is 5. The number of carbonyl (C=O) groups is 1. The maximum absolute atomic E-state index is 15.7. The van der Waals surface area contributed by atoms with Crippen LogP contribution in [0.15, 0.2) is 59.1 Å². The number of anilines is 1. The number of halogens is 3. The molecule has 1 unspecified atom stereocenters. The number of nitrogens with one attached hydrogen (secondary N) is 1. The second-order valence-corrected chi connectivity index (χ2v) is 15.5. The third-order valence-corrected chi connectivity index (χ3v) is 12.3. The Hall–Kier alpha value is -5.14. The molecule has 268 valence electrons. The highest BCUT2D eigenvalue weighted by atomic mass is 35.5. The van der Waals surface area contributed by atoms with Crippen LogP contribution < -0.4 is 14.8 Å². The molecular formula is C39H31ClF2N6O4S. The van der Waals surface area contributed by atoms with Crippen LogP contribution >= 0.6 is 22.9 Å². The summed E-state index contributed by atoms with van der Waals surface area (Å²) in [7, 11) is 1.49. The number of rotatable bonds is 7. The van der Waals surface area contributed by atoms with E-state index in [2.05, 4.69) is 20.5 Å². The maximum atomic E-state index is 15.7. The van der Waals surface area contributed by atoms with Crippen molar-refractivity contribution in [3.63, 3.8) is 0 Å². The number of hydrogen-bond donors (Lipinski definition) is 1. The lowest BCUT2D eigenvalue weighted by Crippen LogP contribution is -2.28. The summed E-state index contributed by atoms with van der Waals surface area (Å²) in [6.07, 6.45) is 3.34. The summed E-state index contributed by atoms with van der Waals surface area (Å²) in [6.45, 7) is 2.80.